The molecule has 0 unspecified atom stereocenters. The Morgan fingerprint density at radius 2 is 1.87 bits per heavy atom. The quantitative estimate of drug-likeness (QED) is 0.546. The van der Waals surface area contributed by atoms with Gasteiger partial charge in [0.15, 0.2) is 0 Å². The molecule has 7 atom stereocenters. The summed E-state index contributed by atoms with van der Waals surface area (Å²) in [5.41, 5.74) is 1.45. The van der Waals surface area contributed by atoms with Crippen LogP contribution in [0.5, 0.6) is 0 Å². The van der Waals surface area contributed by atoms with E-state index in [1.165, 1.54) is 5.57 Å². The highest BCUT2D eigenvalue weighted by molar-refractivity contribution is 5.87. The van der Waals surface area contributed by atoms with Crippen molar-refractivity contribution in [3.8, 4) is 12.3 Å². The average molecular weight is 312 g/mol. The molecule has 4 aliphatic rings. The molecule has 0 heterocycles. The van der Waals surface area contributed by atoms with Crippen molar-refractivity contribution < 1.29 is 9.90 Å². The van der Waals surface area contributed by atoms with E-state index in [1.807, 2.05) is 0 Å². The molecule has 4 aliphatic carbocycles. The SMILES string of the molecule is C#C[C@H]1C=C2C[C@@H](O)CC[C@]2(C)[C@H]2CC[C@]3(C)C(=O)CC[C@H]3[C@H]12. The molecule has 3 fully saturated rings. The second kappa shape index (κ2) is 4.96. The molecular formula is C21H28O2. The number of Topliss-reactive ketones (excluding diaryl/α,β-unsaturated/α-hetero) is 1. The highest BCUT2D eigenvalue weighted by Gasteiger charge is 2.60. The molecule has 2 nitrogen and oxygen atoms in total. The van der Waals surface area contributed by atoms with Crippen molar-refractivity contribution in [1.29, 1.82) is 0 Å². The van der Waals surface area contributed by atoms with Crippen molar-refractivity contribution in [3.05, 3.63) is 11.6 Å². The van der Waals surface area contributed by atoms with E-state index in [9.17, 15) is 9.90 Å². The number of hydrogen-bond donors (Lipinski definition) is 1. The van der Waals surface area contributed by atoms with E-state index in [4.69, 9.17) is 6.42 Å². The maximum absolute atomic E-state index is 12.5. The Hall–Kier alpha value is -1.07. The molecule has 0 aromatic heterocycles. The summed E-state index contributed by atoms with van der Waals surface area (Å²) in [5.74, 6) is 5.15. The van der Waals surface area contributed by atoms with Gasteiger partial charge in [-0.25, -0.2) is 0 Å². The number of allylic oxidation sites excluding steroid dienone is 1. The van der Waals surface area contributed by atoms with Gasteiger partial charge in [0.05, 0.1) is 6.10 Å². The van der Waals surface area contributed by atoms with Crippen LogP contribution in [0.15, 0.2) is 11.6 Å². The number of terminal acetylenes is 1. The van der Waals surface area contributed by atoms with Gasteiger partial charge >= 0.3 is 0 Å². The van der Waals surface area contributed by atoms with Crippen molar-refractivity contribution in [2.45, 2.75) is 64.9 Å². The van der Waals surface area contributed by atoms with Gasteiger partial charge in [-0.2, -0.15) is 0 Å². The van der Waals surface area contributed by atoms with Crippen LogP contribution in [0.4, 0.5) is 0 Å². The van der Waals surface area contributed by atoms with Gasteiger partial charge in [0.1, 0.15) is 5.78 Å². The van der Waals surface area contributed by atoms with Crippen LogP contribution in [0.25, 0.3) is 0 Å². The predicted octanol–water partition coefficient (Wildman–Crippen LogP) is 3.74. The van der Waals surface area contributed by atoms with Gasteiger partial charge in [-0.15, -0.1) is 6.42 Å². The first-order chi connectivity index (χ1) is 10.9. The van der Waals surface area contributed by atoms with Gasteiger partial charge in [-0.05, 0) is 61.7 Å². The normalized spacial score (nSPS) is 52.0. The lowest BCUT2D eigenvalue weighted by Crippen LogP contribution is -2.53. The molecule has 0 radical (unpaired) electrons. The van der Waals surface area contributed by atoms with Crippen LogP contribution in [-0.4, -0.2) is 17.0 Å². The molecule has 2 heteroatoms. The summed E-state index contributed by atoms with van der Waals surface area (Å²) < 4.78 is 0. The highest BCUT2D eigenvalue weighted by atomic mass is 16.3. The van der Waals surface area contributed by atoms with Gasteiger partial charge in [0.25, 0.3) is 0 Å². The smallest absolute Gasteiger partial charge is 0.139 e. The lowest BCUT2D eigenvalue weighted by Gasteiger charge is -2.58. The zero-order valence-electron chi connectivity index (χ0n) is 14.3. The number of ketones is 1. The fourth-order valence-electron chi connectivity index (χ4n) is 6.60. The Kier molecular flexibility index (Phi) is 3.34. The Morgan fingerprint density at radius 1 is 1.17 bits per heavy atom. The number of fused-ring (bicyclic) bond motifs is 5. The maximum Gasteiger partial charge on any atom is 0.139 e. The van der Waals surface area contributed by atoms with Gasteiger partial charge in [-0.3, -0.25) is 4.79 Å². The first-order valence-corrected chi connectivity index (χ1v) is 9.29. The van der Waals surface area contributed by atoms with Crippen LogP contribution in [-0.2, 0) is 4.79 Å². The lowest BCUT2D eigenvalue weighted by molar-refractivity contribution is -0.132. The first-order valence-electron chi connectivity index (χ1n) is 9.29. The predicted molar refractivity (Wildman–Crippen MR) is 90.4 cm³/mol. The van der Waals surface area contributed by atoms with Crippen LogP contribution in [0.2, 0.25) is 0 Å². The summed E-state index contributed by atoms with van der Waals surface area (Å²) in [5, 5.41) is 10.1. The molecule has 0 bridgehead atoms. The summed E-state index contributed by atoms with van der Waals surface area (Å²) in [7, 11) is 0. The van der Waals surface area contributed by atoms with Crippen LogP contribution < -0.4 is 0 Å². The highest BCUT2D eigenvalue weighted by Crippen LogP contribution is 2.65. The van der Waals surface area contributed by atoms with E-state index >= 15 is 0 Å². The van der Waals surface area contributed by atoms with Crippen LogP contribution >= 0.6 is 0 Å². The molecule has 0 amide bonds. The molecule has 0 aromatic rings. The Morgan fingerprint density at radius 3 is 2.61 bits per heavy atom. The van der Waals surface area contributed by atoms with Crippen molar-refractivity contribution in [1.82, 2.24) is 0 Å². The third-order valence-electron chi connectivity index (χ3n) is 8.03. The summed E-state index contributed by atoms with van der Waals surface area (Å²) in [4.78, 5) is 12.5. The fourth-order valence-corrected chi connectivity index (χ4v) is 6.60. The summed E-state index contributed by atoms with van der Waals surface area (Å²) >= 11 is 0. The minimum atomic E-state index is -0.203. The van der Waals surface area contributed by atoms with E-state index in [0.29, 0.717) is 23.5 Å². The fraction of sp³-hybridized carbons (Fsp3) is 0.762. The summed E-state index contributed by atoms with van der Waals surface area (Å²) in [6, 6.07) is 0. The molecule has 0 aliphatic heterocycles. The van der Waals surface area contributed by atoms with E-state index in [-0.39, 0.29) is 22.9 Å². The molecule has 3 saturated carbocycles. The number of rotatable bonds is 0. The number of aliphatic hydroxyl groups is 1. The van der Waals surface area contributed by atoms with E-state index in [2.05, 4.69) is 25.8 Å². The zero-order valence-corrected chi connectivity index (χ0v) is 14.3. The molecule has 1 N–H and O–H groups in total. The minimum absolute atomic E-state index is 0.133. The first kappa shape index (κ1) is 15.5. The third kappa shape index (κ3) is 1.96. The minimum Gasteiger partial charge on any atom is -0.393 e. The van der Waals surface area contributed by atoms with Crippen molar-refractivity contribution in [2.24, 2.45) is 34.5 Å². The van der Waals surface area contributed by atoms with E-state index < -0.39 is 0 Å². The standard InChI is InChI=1S/C21H28O2/c1-4-13-11-14-12-15(22)7-9-20(14,2)17-8-10-21(3)16(19(13)17)5-6-18(21)23/h1,11,13,15-17,19,22H,5-10,12H2,2-3H3/t13-,15-,16-,17-,19-,20-,21-/m0/s1. The topological polar surface area (TPSA) is 37.3 Å². The molecular weight excluding hydrogens is 284 g/mol. The molecule has 0 aromatic carbocycles. The van der Waals surface area contributed by atoms with Gasteiger partial charge < -0.3 is 5.11 Å². The largest absolute Gasteiger partial charge is 0.393 e. The van der Waals surface area contributed by atoms with Crippen LogP contribution in [0, 0.1) is 46.8 Å². The van der Waals surface area contributed by atoms with Crippen molar-refractivity contribution in [3.63, 3.8) is 0 Å². The molecule has 23 heavy (non-hydrogen) atoms. The van der Waals surface area contributed by atoms with Crippen molar-refractivity contribution in [2.75, 3.05) is 0 Å². The monoisotopic (exact) mass is 312 g/mol. The number of carbonyl (C=O) groups excluding carboxylic acids is 1. The van der Waals surface area contributed by atoms with Gasteiger partial charge in [0, 0.05) is 17.8 Å². The van der Waals surface area contributed by atoms with Gasteiger partial charge in [-0.1, -0.05) is 31.4 Å². The maximum atomic E-state index is 12.5. The molecule has 4 rings (SSSR count). The second-order valence-electron chi connectivity index (χ2n) is 8.91. The summed E-state index contributed by atoms with van der Waals surface area (Å²) in [6.07, 6.45) is 14.7. The Labute approximate surface area is 139 Å². The average Bonchev–Trinajstić information content (AvgIpc) is 2.83. The van der Waals surface area contributed by atoms with Crippen LogP contribution in [0.1, 0.15) is 58.8 Å². The van der Waals surface area contributed by atoms with E-state index in [1.54, 1.807) is 0 Å². The lowest BCUT2D eigenvalue weighted by atomic mass is 9.46. The second-order valence-corrected chi connectivity index (χ2v) is 8.91. The molecule has 0 spiro atoms. The Balaban J connectivity index is 1.79. The summed E-state index contributed by atoms with van der Waals surface area (Å²) in [6.45, 7) is 4.59. The van der Waals surface area contributed by atoms with Crippen molar-refractivity contribution >= 4 is 5.78 Å². The number of carbonyl (C=O) groups is 1. The van der Waals surface area contributed by atoms with E-state index in [0.717, 1.165) is 44.9 Å². The zero-order chi connectivity index (χ0) is 16.4. The molecule has 124 valence electrons. The Bertz CT molecular complexity index is 612. The number of aliphatic hydroxyl groups excluding tert-OH is 1. The molecule has 0 saturated heterocycles. The number of hydrogen-bond acceptors (Lipinski definition) is 2. The van der Waals surface area contributed by atoms with Crippen LogP contribution in [0.3, 0.4) is 0 Å². The third-order valence-corrected chi connectivity index (χ3v) is 8.03. The van der Waals surface area contributed by atoms with Gasteiger partial charge in [0.2, 0.25) is 0 Å².